The summed E-state index contributed by atoms with van der Waals surface area (Å²) >= 11 is 0. The molecule has 2 fully saturated rings. The molecule has 0 radical (unpaired) electrons. The van der Waals surface area contributed by atoms with E-state index in [0.29, 0.717) is 19.6 Å². The van der Waals surface area contributed by atoms with Crippen LogP contribution in [-0.4, -0.2) is 184 Å². The van der Waals surface area contributed by atoms with E-state index in [0.717, 1.165) is 40.3 Å². The molecule has 2 aliphatic rings. The van der Waals surface area contributed by atoms with Crippen LogP contribution in [0.4, 0.5) is 0 Å². The van der Waals surface area contributed by atoms with Crippen molar-refractivity contribution in [3.63, 3.8) is 0 Å². The first kappa shape index (κ1) is 115. The number of aliphatic hydroxyl groups excluding tert-OH is 1. The number of methoxy groups -OCH3 is 1. The Hall–Kier alpha value is -4.31. The maximum Gasteiger partial charge on any atom is 0.311 e. The van der Waals surface area contributed by atoms with Crippen LogP contribution in [0.25, 0.3) is 0 Å². The van der Waals surface area contributed by atoms with Crippen LogP contribution in [0.2, 0.25) is 92.2 Å². The third kappa shape index (κ3) is 39.0. The maximum atomic E-state index is 12.6. The van der Waals surface area contributed by atoms with Gasteiger partial charge in [0, 0.05) is 50.6 Å². The van der Waals surface area contributed by atoms with Crippen molar-refractivity contribution in [2.24, 2.45) is 47.3 Å². The Morgan fingerprint density at radius 2 is 0.955 bits per heavy atom. The highest BCUT2D eigenvalue weighted by atomic mass is 28.4. The van der Waals surface area contributed by atoms with Crippen LogP contribution in [-0.2, 0) is 86.2 Å². The molecule has 0 aliphatic carbocycles. The molecule has 0 aromatic heterocycles. The predicted octanol–water partition coefficient (Wildman–Crippen LogP) is 20.0. The number of hydrogen-bond donors (Lipinski definition) is 1. The van der Waals surface area contributed by atoms with Gasteiger partial charge >= 0.3 is 11.9 Å². The number of aldehydes is 2. The third-order valence-electron chi connectivity index (χ3n) is 21.9. The Balaban J connectivity index is -0.000000429. The number of hydrogen-bond acceptors (Lipinski definition) is 19. The summed E-state index contributed by atoms with van der Waals surface area (Å²) in [4.78, 5) is 94.1. The zero-order valence-corrected chi connectivity index (χ0v) is 80.0. The van der Waals surface area contributed by atoms with Gasteiger partial charge in [-0.1, -0.05) is 177 Å². The molecule has 0 bridgehead atoms. The second kappa shape index (κ2) is 49.0. The number of benzene rings is 1. The van der Waals surface area contributed by atoms with E-state index in [9.17, 15) is 38.7 Å². The number of amides is 2. The van der Waals surface area contributed by atoms with Crippen molar-refractivity contribution >= 4 is 83.7 Å². The van der Waals surface area contributed by atoms with Crippen molar-refractivity contribution < 1.29 is 89.4 Å². The van der Waals surface area contributed by atoms with Crippen molar-refractivity contribution in [2.75, 3.05) is 42.0 Å². The minimum absolute atomic E-state index is 0. The summed E-state index contributed by atoms with van der Waals surface area (Å²) in [6, 6.07) is 7.61. The van der Waals surface area contributed by atoms with Crippen molar-refractivity contribution in [3.05, 3.63) is 65.5 Å². The molecule has 2 amide bonds. The number of allylic oxidation sites excluding steroid dienone is 4. The number of ketones is 1. The molecule has 111 heavy (non-hydrogen) atoms. The topological polar surface area (TPSA) is 248 Å². The summed E-state index contributed by atoms with van der Waals surface area (Å²) < 4.78 is 53.5. The largest absolute Gasteiger partial charge is 0.545 e. The number of ether oxygens (including phenoxy) is 4. The van der Waals surface area contributed by atoms with Crippen LogP contribution in [0.3, 0.4) is 0 Å². The van der Waals surface area contributed by atoms with Gasteiger partial charge in [-0.05, 0) is 164 Å². The van der Waals surface area contributed by atoms with E-state index in [1.807, 2.05) is 85.7 Å². The van der Waals surface area contributed by atoms with Gasteiger partial charge in [0.15, 0.2) is 39.1 Å². The lowest BCUT2D eigenvalue weighted by Crippen LogP contribution is -2.55. The number of esters is 2. The molecule has 650 valence electrons. The van der Waals surface area contributed by atoms with E-state index < -0.39 is 77.8 Å². The molecule has 0 saturated carbocycles. The molecule has 2 saturated heterocycles. The number of rotatable bonds is 31. The average Bonchev–Trinajstić information content (AvgIpc) is 0.789. The highest BCUT2D eigenvalue weighted by Crippen LogP contribution is 2.45. The Labute approximate surface area is 682 Å². The van der Waals surface area contributed by atoms with Gasteiger partial charge in [0.2, 0.25) is 8.32 Å². The fourth-order valence-electron chi connectivity index (χ4n) is 10.5. The van der Waals surface area contributed by atoms with Crippen LogP contribution in [0.15, 0.2) is 59.9 Å². The second-order valence-electron chi connectivity index (χ2n) is 37.3. The van der Waals surface area contributed by atoms with Crippen molar-refractivity contribution in [2.45, 2.75) is 343 Å². The molecular formula is C85H166N2O19Si5. The predicted molar refractivity (Wildman–Crippen MR) is 469 cm³/mol. The molecule has 21 nitrogen and oxygen atoms in total. The van der Waals surface area contributed by atoms with Gasteiger partial charge in [-0.15, -0.1) is 0 Å². The van der Waals surface area contributed by atoms with E-state index in [1.54, 1.807) is 41.0 Å². The molecule has 1 aromatic rings. The lowest BCUT2D eigenvalue weighted by atomic mass is 9.84. The lowest BCUT2D eigenvalue weighted by molar-refractivity contribution is -0.179. The first-order valence-corrected chi connectivity index (χ1v) is 53.5. The quantitative estimate of drug-likeness (QED) is 0.0138. The summed E-state index contributed by atoms with van der Waals surface area (Å²) in [5.74, 6) is -1.47. The van der Waals surface area contributed by atoms with Crippen LogP contribution in [0.1, 0.15) is 207 Å². The third-order valence-corrected chi connectivity index (χ3v) is 40.7. The standard InChI is InChI=1S/C22H44O5Si2.C19H34O4Si.C17H27NO5.C15H31NO4Si.C9H18OSi.3CH4/c1-15-18(13-17(14-23)26-28(9,10)21(3,4)5)25-20(24)16(2)19(15)27-29(11,12)22(6,7)8;1-12(2)10-15(20)11-16-13(3)17(14(4)18(21)22-16)23-24(8,9)19(5,6)7;1-12(16(19)13(2)17(20)18(3)22-5)10-23-11-14-6-8-15(21-4)9-7-14;1-11(10-17)13(12(2)14(18)16(6)19-7)20-21(8,9)15(3,4)5;1-8(2)7-9(3)10-11(4,5)6;;;/h14-19H,13H2,1-12H3;10,13-14,16-17H,11H2,1-9H3;6-9,12-13,16,19H,10-11H2,1-5H3;10-13H,1-9H3;7H,3H2,1-2,4-6H3;3*1H4/t15-,16+,17+,18-,19+;13-,14+,16-,17+;12-,13+,16-;11-,12+,13-;;;;/m0000..../s1. The van der Waals surface area contributed by atoms with Gasteiger partial charge in [-0.3, -0.25) is 33.6 Å². The monoisotopic (exact) mass is 1660 g/mol. The lowest BCUT2D eigenvalue weighted by Gasteiger charge is -2.46. The molecule has 1 aromatic carbocycles. The smallest absolute Gasteiger partial charge is 0.311 e. The minimum atomic E-state index is -2.10. The van der Waals surface area contributed by atoms with E-state index in [4.69, 9.17) is 50.8 Å². The van der Waals surface area contributed by atoms with E-state index >= 15 is 0 Å². The highest BCUT2D eigenvalue weighted by molar-refractivity contribution is 6.75. The van der Waals surface area contributed by atoms with E-state index in [-0.39, 0.29) is 132 Å². The summed E-state index contributed by atoms with van der Waals surface area (Å²) in [6.45, 7) is 77.2. The molecule has 0 unspecified atom stereocenters. The molecule has 1 N–H and O–H groups in total. The summed E-state index contributed by atoms with van der Waals surface area (Å²) in [5, 5.41) is 12.7. The minimum Gasteiger partial charge on any atom is -0.545 e. The van der Waals surface area contributed by atoms with E-state index in [2.05, 4.69) is 169 Å². The number of carbonyl (C=O) groups is 7. The number of aliphatic hydroxyl groups is 1. The van der Waals surface area contributed by atoms with Crippen molar-refractivity contribution in [1.82, 2.24) is 10.1 Å². The maximum absolute atomic E-state index is 12.6. The number of hydroxylamine groups is 4. The molecule has 2 aliphatic heterocycles. The average molecular weight is 1660 g/mol. The van der Waals surface area contributed by atoms with Gasteiger partial charge < -0.3 is 55.8 Å². The van der Waals surface area contributed by atoms with Crippen LogP contribution < -0.4 is 4.74 Å². The van der Waals surface area contributed by atoms with Crippen LogP contribution in [0.5, 0.6) is 5.75 Å². The zero-order chi connectivity index (χ0) is 85.4. The number of cyclic esters (lactones) is 2. The molecule has 0 spiro atoms. The molecule has 2 heterocycles. The Morgan fingerprint density at radius 3 is 1.31 bits per heavy atom. The van der Waals surface area contributed by atoms with Crippen molar-refractivity contribution in [1.29, 1.82) is 0 Å². The van der Waals surface area contributed by atoms with Gasteiger partial charge in [0.1, 0.15) is 36.6 Å². The summed E-state index contributed by atoms with van der Waals surface area (Å²) in [6.07, 6.45) is 2.91. The number of nitrogens with zero attached hydrogens (tertiary/aromatic N) is 2. The molecule has 15 atom stereocenters. The van der Waals surface area contributed by atoms with E-state index in [1.165, 1.54) is 31.9 Å². The Bertz CT molecular complexity index is 3020. The van der Waals surface area contributed by atoms with Gasteiger partial charge in [0.25, 0.3) is 11.8 Å². The zero-order valence-electron chi connectivity index (χ0n) is 75.0. The normalized spacial score (nSPS) is 20.8. The SMILES string of the molecule is C.C.C.C=C(C=C(C)C)O[Si](C)(C)C.CC(C)=CC(=O)C[C@@H]1OC(=O)[C@H](C)[C@H](O[Si](C)(C)C(C)(C)C)[C@H]1C.CON(C)C(=O)[C@H](C)[C@@H](O[Si](C)(C)C(C)(C)C)[C@@H](C)C=O.COc1ccc(COC[C@H](C)[C@H](O)[C@@H](C)C(=O)N(C)OC)cc1.C[C@@H]1[C@@H](O[Si](C)(C)C(C)(C)C)[C@@H](C)C(=O)O[C@H]1C[C@H](C=O)O[Si](C)(C)C(C)(C)C. The number of carbonyl (C=O) groups excluding carboxylic acids is 7. The second-order valence-corrected chi connectivity index (χ2v) is 60.8. The fourth-order valence-corrected chi connectivity index (χ4v) is 17.0. The molecular weight excluding hydrogens is 1490 g/mol. The van der Waals surface area contributed by atoms with Gasteiger partial charge in [-0.25, -0.2) is 10.1 Å². The first-order chi connectivity index (χ1) is 48.7. The summed E-state index contributed by atoms with van der Waals surface area (Å²) in [5.41, 5.74) is 3.21. The first-order valence-electron chi connectivity index (χ1n) is 38.5. The highest BCUT2D eigenvalue weighted by Gasteiger charge is 2.51. The Morgan fingerprint density at radius 1 is 0.577 bits per heavy atom. The van der Waals surface area contributed by atoms with Gasteiger partial charge in [0.05, 0.1) is 88.4 Å². The molecule has 3 rings (SSSR count). The van der Waals surface area contributed by atoms with Crippen LogP contribution in [0, 0.1) is 47.3 Å². The molecule has 26 heteroatoms. The van der Waals surface area contributed by atoms with Crippen LogP contribution >= 0.6 is 0 Å². The van der Waals surface area contributed by atoms with Crippen molar-refractivity contribution in [3.8, 4) is 5.75 Å². The van der Waals surface area contributed by atoms with Gasteiger partial charge in [-0.2, -0.15) is 0 Å². The Kier molecular flexibility index (Phi) is 50.9. The fraction of sp³-hybridized carbons (Fsp3) is 0.776. The summed E-state index contributed by atoms with van der Waals surface area (Å²) in [7, 11) is -2.09.